The fourth-order valence-corrected chi connectivity index (χ4v) is 5.66. The molecule has 2 heterocycles. The molecule has 0 radical (unpaired) electrons. The first-order valence-corrected chi connectivity index (χ1v) is 13.0. The lowest BCUT2D eigenvalue weighted by Gasteiger charge is -2.47. The predicted octanol–water partition coefficient (Wildman–Crippen LogP) is 1.06. The van der Waals surface area contributed by atoms with E-state index in [0.717, 1.165) is 24.4 Å². The Morgan fingerprint density at radius 1 is 0.795 bits per heavy atom. The van der Waals surface area contributed by atoms with E-state index in [1.165, 1.54) is 60.7 Å². The molecule has 0 unspecified atom stereocenters. The van der Waals surface area contributed by atoms with Gasteiger partial charge in [-0.05, 0) is 24.3 Å². The first-order valence-electron chi connectivity index (χ1n) is 13.0. The van der Waals surface area contributed by atoms with Crippen molar-refractivity contribution in [1.82, 2.24) is 9.55 Å². The van der Waals surface area contributed by atoms with E-state index < -0.39 is 81.7 Å². The van der Waals surface area contributed by atoms with E-state index in [0.29, 0.717) is 4.57 Å². The number of aromatic amines is 1. The molecule has 226 valence electrons. The fraction of sp³-hybridized carbons (Fsp3) is 0.167. The third-order valence-corrected chi connectivity index (χ3v) is 7.41. The van der Waals surface area contributed by atoms with E-state index in [1.807, 2.05) is 4.98 Å². The van der Waals surface area contributed by atoms with Crippen LogP contribution < -0.4 is 16.0 Å². The second-order valence-corrected chi connectivity index (χ2v) is 9.75. The number of aromatic nitrogens is 2. The lowest BCUT2D eigenvalue weighted by atomic mass is 9.73. The van der Waals surface area contributed by atoms with Crippen molar-refractivity contribution in [2.24, 2.45) is 0 Å². The molecule has 44 heavy (non-hydrogen) atoms. The van der Waals surface area contributed by atoms with Crippen LogP contribution in [0.5, 0.6) is 5.75 Å². The highest BCUT2D eigenvalue weighted by atomic mass is 16.6. The monoisotopic (exact) mass is 604 g/mol. The minimum Gasteiger partial charge on any atom is -0.478 e. The number of aliphatic hydroxyl groups excluding tert-OH is 2. The summed E-state index contributed by atoms with van der Waals surface area (Å²) in [6.07, 6.45) is -2.89. The van der Waals surface area contributed by atoms with Crippen LogP contribution in [-0.4, -0.2) is 71.8 Å². The molecule has 14 nitrogen and oxygen atoms in total. The Kier molecular flexibility index (Phi) is 7.65. The number of aromatic carboxylic acids is 3. The number of benzene rings is 3. The van der Waals surface area contributed by atoms with Crippen LogP contribution in [0.3, 0.4) is 0 Å². The molecule has 1 aliphatic rings. The minimum absolute atomic E-state index is 0.371. The summed E-state index contributed by atoms with van der Waals surface area (Å²) in [5, 5.41) is 53.0. The number of hydrogen-bond acceptors (Lipinski definition) is 9. The Balaban J connectivity index is 2.08. The number of nitrogens with zero attached hydrogens (tertiary/aromatic N) is 1. The van der Waals surface area contributed by atoms with Crippen molar-refractivity contribution in [3.8, 4) is 5.75 Å². The van der Waals surface area contributed by atoms with Gasteiger partial charge >= 0.3 is 23.6 Å². The van der Waals surface area contributed by atoms with Crippen LogP contribution in [0.4, 0.5) is 0 Å². The number of H-pyrrole nitrogens is 1. The van der Waals surface area contributed by atoms with Gasteiger partial charge in [-0.3, -0.25) is 14.3 Å². The maximum atomic E-state index is 13.6. The van der Waals surface area contributed by atoms with Crippen molar-refractivity contribution in [2.45, 2.75) is 23.5 Å². The van der Waals surface area contributed by atoms with Crippen molar-refractivity contribution >= 4 is 17.9 Å². The van der Waals surface area contributed by atoms with Gasteiger partial charge in [-0.1, -0.05) is 48.5 Å². The molecule has 0 bridgehead atoms. The van der Waals surface area contributed by atoms with E-state index in [9.17, 15) is 49.5 Å². The summed E-state index contributed by atoms with van der Waals surface area (Å²) in [6.45, 7) is -0.961. The van der Waals surface area contributed by atoms with Crippen LogP contribution in [0.1, 0.15) is 42.2 Å². The van der Waals surface area contributed by atoms with Gasteiger partial charge in [-0.15, -0.1) is 0 Å². The summed E-state index contributed by atoms with van der Waals surface area (Å²) < 4.78 is 13.4. The average molecular weight is 605 g/mol. The normalized spacial score (nSPS) is 22.8. The average Bonchev–Trinajstić information content (AvgIpc) is 3.25. The highest BCUT2D eigenvalue weighted by Crippen LogP contribution is 2.57. The van der Waals surface area contributed by atoms with Crippen LogP contribution in [0.15, 0.2) is 94.6 Å². The largest absolute Gasteiger partial charge is 0.478 e. The second kappa shape index (κ2) is 11.3. The van der Waals surface area contributed by atoms with Gasteiger partial charge in [-0.2, -0.15) is 0 Å². The van der Waals surface area contributed by atoms with E-state index in [1.54, 1.807) is 0 Å². The zero-order chi connectivity index (χ0) is 31.8. The van der Waals surface area contributed by atoms with E-state index in [2.05, 4.69) is 0 Å². The van der Waals surface area contributed by atoms with Gasteiger partial charge < -0.3 is 35.0 Å². The zero-order valence-electron chi connectivity index (χ0n) is 22.5. The van der Waals surface area contributed by atoms with Gasteiger partial charge in [0.2, 0.25) is 11.3 Å². The number of rotatable bonds is 9. The molecule has 5 rings (SSSR count). The number of para-hydroxylation sites is 1. The molecule has 0 saturated carbocycles. The third-order valence-electron chi connectivity index (χ3n) is 7.41. The Hall–Kier alpha value is -5.57. The minimum atomic E-state index is -2.74. The van der Waals surface area contributed by atoms with E-state index >= 15 is 0 Å². The van der Waals surface area contributed by atoms with Crippen LogP contribution in [0.2, 0.25) is 0 Å². The highest BCUT2D eigenvalue weighted by Gasteiger charge is 2.72. The topological polar surface area (TPSA) is 226 Å². The molecule has 0 aliphatic carbocycles. The van der Waals surface area contributed by atoms with Gasteiger partial charge in [0.25, 0.3) is 5.56 Å². The highest BCUT2D eigenvalue weighted by molar-refractivity contribution is 5.92. The van der Waals surface area contributed by atoms with Crippen molar-refractivity contribution < 1.29 is 49.4 Å². The molecular formula is C30H24N2O12. The van der Waals surface area contributed by atoms with Gasteiger partial charge in [0, 0.05) is 23.4 Å². The Bertz CT molecular complexity index is 1900. The maximum absolute atomic E-state index is 13.6. The first kappa shape index (κ1) is 29.9. The molecule has 4 atom stereocenters. The smallest absolute Gasteiger partial charge is 0.339 e. The van der Waals surface area contributed by atoms with Crippen LogP contribution in [0, 0.1) is 0 Å². The van der Waals surface area contributed by atoms with Gasteiger partial charge in [0.05, 0.1) is 17.7 Å². The molecule has 1 saturated heterocycles. The Labute approximate surface area is 246 Å². The summed E-state index contributed by atoms with van der Waals surface area (Å²) in [4.78, 5) is 65.4. The van der Waals surface area contributed by atoms with E-state index in [4.69, 9.17) is 9.47 Å². The summed E-state index contributed by atoms with van der Waals surface area (Å²) in [5.74, 6) is -4.98. The molecule has 0 amide bonds. The van der Waals surface area contributed by atoms with Crippen LogP contribution in [0.25, 0.3) is 0 Å². The first-order chi connectivity index (χ1) is 21.0. The van der Waals surface area contributed by atoms with Crippen molar-refractivity contribution in [1.29, 1.82) is 0 Å². The Morgan fingerprint density at radius 2 is 1.32 bits per heavy atom. The molecule has 14 heteroatoms. The van der Waals surface area contributed by atoms with Gasteiger partial charge in [0.1, 0.15) is 23.5 Å². The summed E-state index contributed by atoms with van der Waals surface area (Å²) in [5.41, 5.74) is -9.73. The van der Waals surface area contributed by atoms with Crippen molar-refractivity contribution in [2.75, 3.05) is 6.61 Å². The number of carboxylic acid groups (broad SMARTS) is 3. The summed E-state index contributed by atoms with van der Waals surface area (Å²) in [6, 6.07) is 16.2. The lowest BCUT2D eigenvalue weighted by Crippen LogP contribution is -2.63. The molecule has 0 spiro atoms. The molecular weight excluding hydrogens is 580 g/mol. The molecule has 1 aliphatic heterocycles. The third kappa shape index (κ3) is 4.44. The van der Waals surface area contributed by atoms with Gasteiger partial charge in [-0.25, -0.2) is 19.2 Å². The number of hydrogen-bond donors (Lipinski definition) is 6. The maximum Gasteiger partial charge on any atom is 0.339 e. The number of aliphatic hydroxyl groups is 2. The zero-order valence-corrected chi connectivity index (χ0v) is 22.5. The predicted molar refractivity (Wildman–Crippen MR) is 149 cm³/mol. The molecule has 1 fully saturated rings. The number of ether oxygens (including phenoxy) is 2. The standard InChI is InChI=1S/C30H24N2O12/c33-15-22-24(35)29(19-10-4-1-7-16(19)25(36)37,43-21-12-6-3-9-18(21)27(40)41)30(44-22,32-14-13-23(34)31-28(32)42)20-11-5-2-8-17(20)26(38)39/h1-14,22,24,33,35H,15H2,(H,36,37)(H,38,39)(H,40,41)(H,31,34,42)/t22-,24-,29-,30-/m1/s1. The van der Waals surface area contributed by atoms with Crippen molar-refractivity contribution in [3.05, 3.63) is 134 Å². The lowest BCUT2D eigenvalue weighted by molar-refractivity contribution is -0.164. The molecule has 6 N–H and O–H groups in total. The molecule has 3 aromatic carbocycles. The van der Waals surface area contributed by atoms with Crippen LogP contribution in [-0.2, 0) is 16.1 Å². The molecule has 4 aromatic rings. The van der Waals surface area contributed by atoms with Crippen molar-refractivity contribution in [3.63, 3.8) is 0 Å². The Morgan fingerprint density at radius 3 is 1.89 bits per heavy atom. The van der Waals surface area contributed by atoms with E-state index in [-0.39, 0.29) is 11.1 Å². The molecule has 1 aromatic heterocycles. The second-order valence-electron chi connectivity index (χ2n) is 9.75. The number of carbonyl (C=O) groups is 3. The SMILES string of the molecule is O=C(O)c1ccccc1O[C@]1(c2ccccc2C(=O)O)[C@H](O)[C@@H](CO)O[C@@]1(c1ccccc1C(=O)O)n1ccc(=O)[nH]c1=O. The number of nitrogens with one attached hydrogen (secondary N) is 1. The number of carboxylic acids is 3. The van der Waals surface area contributed by atoms with Crippen LogP contribution >= 0.6 is 0 Å². The fourth-order valence-electron chi connectivity index (χ4n) is 5.66. The summed E-state index contributed by atoms with van der Waals surface area (Å²) in [7, 11) is 0. The summed E-state index contributed by atoms with van der Waals surface area (Å²) >= 11 is 0. The van der Waals surface area contributed by atoms with Gasteiger partial charge in [0.15, 0.2) is 0 Å². The quantitative estimate of drug-likeness (QED) is 0.158.